The van der Waals surface area contributed by atoms with Crippen LogP contribution in [0.5, 0.6) is 0 Å². The maximum Gasteiger partial charge on any atom is 0.140 e. The molecule has 1 N–H and O–H groups in total. The lowest BCUT2D eigenvalue weighted by molar-refractivity contribution is 0.132. The molecule has 3 heterocycles. The number of hydrogen-bond donors (Lipinski definition) is 1. The zero-order valence-corrected chi connectivity index (χ0v) is 8.87. The summed E-state index contributed by atoms with van der Waals surface area (Å²) in [4.78, 5) is 8.42. The van der Waals surface area contributed by atoms with Gasteiger partial charge in [-0.3, -0.25) is 4.98 Å². The summed E-state index contributed by atoms with van der Waals surface area (Å²) in [5.41, 5.74) is 2.26. The molecule has 0 fully saturated rings. The van der Waals surface area contributed by atoms with Crippen LogP contribution in [0.25, 0.3) is 11.4 Å². The van der Waals surface area contributed by atoms with Crippen molar-refractivity contribution in [1.82, 2.24) is 14.5 Å². The molecule has 0 bridgehead atoms. The van der Waals surface area contributed by atoms with Gasteiger partial charge in [-0.2, -0.15) is 0 Å². The lowest BCUT2D eigenvalue weighted by Gasteiger charge is -2.21. The average molecular weight is 215 g/mol. The molecule has 16 heavy (non-hydrogen) atoms. The maximum atomic E-state index is 9.68. The molecule has 2 aromatic rings. The summed E-state index contributed by atoms with van der Waals surface area (Å²) in [6, 6.07) is 3.88. The van der Waals surface area contributed by atoms with E-state index in [2.05, 4.69) is 14.5 Å². The van der Waals surface area contributed by atoms with Gasteiger partial charge in [0.25, 0.3) is 0 Å². The van der Waals surface area contributed by atoms with Crippen molar-refractivity contribution in [2.75, 3.05) is 0 Å². The van der Waals surface area contributed by atoms with Crippen molar-refractivity contribution in [3.63, 3.8) is 0 Å². The third kappa shape index (κ3) is 1.51. The van der Waals surface area contributed by atoms with Crippen LogP contribution >= 0.6 is 0 Å². The lowest BCUT2D eigenvalue weighted by Crippen LogP contribution is -2.24. The van der Waals surface area contributed by atoms with E-state index in [1.54, 1.807) is 12.4 Å². The summed E-state index contributed by atoms with van der Waals surface area (Å²) in [6.07, 6.45) is 6.91. The van der Waals surface area contributed by atoms with Gasteiger partial charge in [0, 0.05) is 29.8 Å². The zero-order valence-electron chi connectivity index (χ0n) is 8.87. The Hall–Kier alpha value is -1.68. The van der Waals surface area contributed by atoms with E-state index in [1.165, 1.54) is 5.69 Å². The first-order valence-corrected chi connectivity index (χ1v) is 5.47. The second kappa shape index (κ2) is 3.72. The molecule has 0 saturated carbocycles. The summed E-state index contributed by atoms with van der Waals surface area (Å²) in [5, 5.41) is 9.68. The Morgan fingerprint density at radius 2 is 2.12 bits per heavy atom. The minimum atomic E-state index is -0.248. The van der Waals surface area contributed by atoms with Gasteiger partial charge in [-0.15, -0.1) is 0 Å². The predicted octanol–water partition coefficient (Wildman–Crippen LogP) is 1.25. The summed E-state index contributed by atoms with van der Waals surface area (Å²) >= 11 is 0. The number of nitrogens with zero attached hydrogens (tertiary/aromatic N) is 3. The molecule has 1 aliphatic rings. The second-order valence-corrected chi connectivity index (χ2v) is 4.11. The Kier molecular flexibility index (Phi) is 2.22. The molecule has 0 radical (unpaired) electrons. The van der Waals surface area contributed by atoms with E-state index in [0.717, 1.165) is 24.2 Å². The van der Waals surface area contributed by atoms with Gasteiger partial charge in [0.05, 0.1) is 12.6 Å². The maximum absolute atomic E-state index is 9.68. The van der Waals surface area contributed by atoms with E-state index < -0.39 is 0 Å². The number of rotatable bonds is 1. The Labute approximate surface area is 93.6 Å². The fourth-order valence-electron chi connectivity index (χ4n) is 2.16. The minimum Gasteiger partial charge on any atom is -0.391 e. The van der Waals surface area contributed by atoms with Crippen LogP contribution in [-0.2, 0) is 13.0 Å². The molecule has 0 saturated heterocycles. The third-order valence-electron chi connectivity index (χ3n) is 3.00. The molecule has 0 aromatic carbocycles. The highest BCUT2D eigenvalue weighted by Gasteiger charge is 2.20. The van der Waals surface area contributed by atoms with Crippen LogP contribution in [0.4, 0.5) is 0 Å². The first kappa shape index (κ1) is 9.54. The first-order chi connectivity index (χ1) is 7.84. The molecule has 3 rings (SSSR count). The van der Waals surface area contributed by atoms with Crippen LogP contribution in [0.3, 0.4) is 0 Å². The van der Waals surface area contributed by atoms with Crippen LogP contribution in [-0.4, -0.2) is 25.7 Å². The van der Waals surface area contributed by atoms with E-state index in [1.807, 2.05) is 18.3 Å². The smallest absolute Gasteiger partial charge is 0.140 e. The highest BCUT2D eigenvalue weighted by Crippen LogP contribution is 2.23. The number of imidazole rings is 1. The van der Waals surface area contributed by atoms with Gasteiger partial charge in [-0.05, 0) is 25.0 Å². The topological polar surface area (TPSA) is 50.9 Å². The molecule has 4 heteroatoms. The number of fused-ring (bicyclic) bond motifs is 1. The van der Waals surface area contributed by atoms with Gasteiger partial charge >= 0.3 is 0 Å². The van der Waals surface area contributed by atoms with Crippen LogP contribution in [0.1, 0.15) is 12.1 Å². The van der Waals surface area contributed by atoms with Gasteiger partial charge in [0.1, 0.15) is 5.82 Å². The normalized spacial score (nSPS) is 19.4. The highest BCUT2D eigenvalue weighted by molar-refractivity contribution is 5.55. The molecule has 1 atom stereocenters. The molecule has 1 aliphatic heterocycles. The number of aliphatic hydroxyl groups excluding tert-OH is 1. The van der Waals surface area contributed by atoms with Gasteiger partial charge in [-0.1, -0.05) is 0 Å². The van der Waals surface area contributed by atoms with E-state index >= 15 is 0 Å². The second-order valence-electron chi connectivity index (χ2n) is 4.11. The van der Waals surface area contributed by atoms with Crippen LogP contribution in [0, 0.1) is 0 Å². The van der Waals surface area contributed by atoms with Gasteiger partial charge in [0.2, 0.25) is 0 Å². The Balaban J connectivity index is 2.07. The molecule has 82 valence electrons. The average Bonchev–Trinajstić information content (AvgIpc) is 2.73. The summed E-state index contributed by atoms with van der Waals surface area (Å²) in [7, 11) is 0. The van der Waals surface area contributed by atoms with Crippen molar-refractivity contribution in [2.24, 2.45) is 0 Å². The molecule has 4 nitrogen and oxygen atoms in total. The van der Waals surface area contributed by atoms with Crippen molar-refractivity contribution in [1.29, 1.82) is 0 Å². The molecule has 0 spiro atoms. The SMILES string of the molecule is OC1CCc2cnc(-c3ccncc3)n2C1. The van der Waals surface area contributed by atoms with Crippen molar-refractivity contribution in [2.45, 2.75) is 25.5 Å². The number of hydrogen-bond acceptors (Lipinski definition) is 3. The number of aryl methyl sites for hydroxylation is 1. The van der Waals surface area contributed by atoms with Crippen LogP contribution in [0.15, 0.2) is 30.7 Å². The predicted molar refractivity (Wildman–Crippen MR) is 59.8 cm³/mol. The van der Waals surface area contributed by atoms with Crippen molar-refractivity contribution < 1.29 is 5.11 Å². The third-order valence-corrected chi connectivity index (χ3v) is 3.00. The van der Waals surface area contributed by atoms with E-state index in [-0.39, 0.29) is 6.10 Å². The number of aromatic nitrogens is 3. The Morgan fingerprint density at radius 1 is 1.31 bits per heavy atom. The largest absolute Gasteiger partial charge is 0.391 e. The molecular weight excluding hydrogens is 202 g/mol. The fraction of sp³-hybridized carbons (Fsp3) is 0.333. The summed E-state index contributed by atoms with van der Waals surface area (Å²) in [5.74, 6) is 0.927. The minimum absolute atomic E-state index is 0.248. The van der Waals surface area contributed by atoms with Crippen molar-refractivity contribution in [3.05, 3.63) is 36.4 Å². The van der Waals surface area contributed by atoms with E-state index in [9.17, 15) is 5.11 Å². The molecule has 1 unspecified atom stereocenters. The van der Waals surface area contributed by atoms with Crippen molar-refractivity contribution in [3.8, 4) is 11.4 Å². The zero-order chi connectivity index (χ0) is 11.0. The standard InChI is InChI=1S/C12H13N3O/c16-11-2-1-10-7-14-12(15(10)8-11)9-3-5-13-6-4-9/h3-7,11,16H,1-2,8H2. The molecule has 0 aliphatic carbocycles. The van der Waals surface area contributed by atoms with E-state index in [4.69, 9.17) is 0 Å². The first-order valence-electron chi connectivity index (χ1n) is 5.47. The molecule has 0 amide bonds. The lowest BCUT2D eigenvalue weighted by atomic mass is 10.1. The monoisotopic (exact) mass is 215 g/mol. The van der Waals surface area contributed by atoms with E-state index in [0.29, 0.717) is 6.54 Å². The van der Waals surface area contributed by atoms with Crippen LogP contribution < -0.4 is 0 Å². The fourth-order valence-corrected chi connectivity index (χ4v) is 2.16. The van der Waals surface area contributed by atoms with Crippen molar-refractivity contribution >= 4 is 0 Å². The van der Waals surface area contributed by atoms with Crippen LogP contribution in [0.2, 0.25) is 0 Å². The van der Waals surface area contributed by atoms with Gasteiger partial charge < -0.3 is 9.67 Å². The Morgan fingerprint density at radius 3 is 2.94 bits per heavy atom. The highest BCUT2D eigenvalue weighted by atomic mass is 16.3. The summed E-state index contributed by atoms with van der Waals surface area (Å²) in [6.45, 7) is 0.646. The number of aliphatic hydroxyl groups is 1. The quantitative estimate of drug-likeness (QED) is 0.779. The molecule has 2 aromatic heterocycles. The summed E-state index contributed by atoms with van der Waals surface area (Å²) < 4.78 is 2.10. The van der Waals surface area contributed by atoms with Gasteiger partial charge in [0.15, 0.2) is 0 Å². The number of pyridine rings is 1. The Bertz CT molecular complexity index is 492. The molecular formula is C12H13N3O. The van der Waals surface area contributed by atoms with Gasteiger partial charge in [-0.25, -0.2) is 4.98 Å².